The van der Waals surface area contributed by atoms with E-state index < -0.39 is 0 Å². The summed E-state index contributed by atoms with van der Waals surface area (Å²) in [6, 6.07) is 6.39. The number of ether oxygens (including phenoxy) is 1. The quantitative estimate of drug-likeness (QED) is 0.858. The molecule has 1 heterocycles. The molecule has 88 valence electrons. The molecular weight excluding hydrogens is 218 g/mol. The average molecular weight is 237 g/mol. The van der Waals surface area contributed by atoms with E-state index in [1.54, 1.807) is 0 Å². The lowest BCUT2D eigenvalue weighted by atomic mass is 9.98. The third-order valence-corrected chi connectivity index (χ3v) is 4.18. The van der Waals surface area contributed by atoms with Crippen LogP contribution in [0.1, 0.15) is 37.4 Å². The first-order valence-corrected chi connectivity index (χ1v) is 6.89. The minimum absolute atomic E-state index is 0.153. The number of hydrogen-bond acceptors (Lipinski definition) is 3. The van der Waals surface area contributed by atoms with Crippen molar-refractivity contribution in [2.24, 2.45) is 5.73 Å². The smallest absolute Gasteiger partial charge is 0.123 e. The van der Waals surface area contributed by atoms with Crippen LogP contribution in [0.2, 0.25) is 0 Å². The second-order valence-electron chi connectivity index (χ2n) is 4.22. The van der Waals surface area contributed by atoms with Gasteiger partial charge in [0.05, 0.1) is 6.61 Å². The van der Waals surface area contributed by atoms with E-state index in [-0.39, 0.29) is 6.04 Å². The van der Waals surface area contributed by atoms with Crippen molar-refractivity contribution in [3.8, 4) is 5.75 Å². The fourth-order valence-electron chi connectivity index (χ4n) is 2.15. The lowest BCUT2D eigenvalue weighted by molar-refractivity contribution is 0.337. The zero-order valence-electron chi connectivity index (χ0n) is 9.90. The molecule has 0 amide bonds. The third kappa shape index (κ3) is 2.36. The van der Waals surface area contributed by atoms with E-state index in [0.717, 1.165) is 17.9 Å². The maximum Gasteiger partial charge on any atom is 0.123 e. The molecule has 16 heavy (non-hydrogen) atoms. The second kappa shape index (κ2) is 5.11. The standard InChI is InChI=1S/C13H19NOS/c1-3-15-13-6-4-5-10-11(13)8-16-9(2)7-12(10)14/h4-6,9,12H,3,7-8,14H2,1-2H3. The van der Waals surface area contributed by atoms with Crippen LogP contribution in [0.3, 0.4) is 0 Å². The van der Waals surface area contributed by atoms with Crippen LogP contribution in [0.25, 0.3) is 0 Å². The van der Waals surface area contributed by atoms with Gasteiger partial charge in [-0.15, -0.1) is 0 Å². The molecular formula is C13H19NOS. The topological polar surface area (TPSA) is 35.2 Å². The number of hydrogen-bond donors (Lipinski definition) is 1. The van der Waals surface area contributed by atoms with Crippen LogP contribution in [0.4, 0.5) is 0 Å². The molecule has 0 saturated heterocycles. The number of nitrogens with two attached hydrogens (primary N) is 1. The maximum absolute atomic E-state index is 6.23. The average Bonchev–Trinajstić information content (AvgIpc) is 2.40. The zero-order chi connectivity index (χ0) is 11.5. The number of fused-ring (bicyclic) bond motifs is 1. The summed E-state index contributed by atoms with van der Waals surface area (Å²) in [5.41, 5.74) is 8.80. The van der Waals surface area contributed by atoms with Crippen molar-refractivity contribution in [2.45, 2.75) is 37.3 Å². The lowest BCUT2D eigenvalue weighted by Crippen LogP contribution is -2.14. The Morgan fingerprint density at radius 3 is 3.06 bits per heavy atom. The highest BCUT2D eigenvalue weighted by molar-refractivity contribution is 7.99. The van der Waals surface area contributed by atoms with Gasteiger partial charge in [0.15, 0.2) is 0 Å². The van der Waals surface area contributed by atoms with Gasteiger partial charge in [0.25, 0.3) is 0 Å². The van der Waals surface area contributed by atoms with Crippen molar-refractivity contribution < 1.29 is 4.74 Å². The first-order chi connectivity index (χ1) is 7.72. The maximum atomic E-state index is 6.23. The monoisotopic (exact) mass is 237 g/mol. The van der Waals surface area contributed by atoms with Gasteiger partial charge >= 0.3 is 0 Å². The van der Waals surface area contributed by atoms with Crippen LogP contribution in [0.15, 0.2) is 18.2 Å². The molecule has 0 aromatic heterocycles. The van der Waals surface area contributed by atoms with Crippen molar-refractivity contribution in [3.63, 3.8) is 0 Å². The molecule has 1 aliphatic heterocycles. The Labute approximate surface area is 102 Å². The van der Waals surface area contributed by atoms with Crippen molar-refractivity contribution in [2.75, 3.05) is 6.61 Å². The lowest BCUT2D eigenvalue weighted by Gasteiger charge is -2.16. The highest BCUT2D eigenvalue weighted by atomic mass is 32.2. The Morgan fingerprint density at radius 1 is 1.50 bits per heavy atom. The summed E-state index contributed by atoms with van der Waals surface area (Å²) < 4.78 is 5.67. The molecule has 0 bridgehead atoms. The number of thioether (sulfide) groups is 1. The highest BCUT2D eigenvalue weighted by Gasteiger charge is 2.22. The predicted octanol–water partition coefficient (Wildman–Crippen LogP) is 3.11. The molecule has 0 saturated carbocycles. The zero-order valence-corrected chi connectivity index (χ0v) is 10.7. The van der Waals surface area contributed by atoms with E-state index in [0.29, 0.717) is 11.9 Å². The first kappa shape index (κ1) is 11.8. The molecule has 1 aliphatic rings. The van der Waals surface area contributed by atoms with E-state index in [1.807, 2.05) is 30.8 Å². The summed E-state index contributed by atoms with van der Waals surface area (Å²) in [7, 11) is 0. The van der Waals surface area contributed by atoms with Gasteiger partial charge in [-0.1, -0.05) is 19.1 Å². The molecule has 2 rings (SSSR count). The molecule has 2 N–H and O–H groups in total. The predicted molar refractivity (Wildman–Crippen MR) is 69.9 cm³/mol. The van der Waals surface area contributed by atoms with Gasteiger partial charge in [-0.2, -0.15) is 11.8 Å². The molecule has 2 nitrogen and oxygen atoms in total. The molecule has 1 aromatic carbocycles. The molecule has 2 atom stereocenters. The summed E-state index contributed by atoms with van der Waals surface area (Å²) >= 11 is 1.97. The van der Waals surface area contributed by atoms with Crippen molar-refractivity contribution >= 4 is 11.8 Å². The van der Waals surface area contributed by atoms with Gasteiger partial charge in [-0.25, -0.2) is 0 Å². The van der Waals surface area contributed by atoms with Crippen LogP contribution in [-0.4, -0.2) is 11.9 Å². The molecule has 0 fully saturated rings. The van der Waals surface area contributed by atoms with Crippen LogP contribution in [0, 0.1) is 0 Å². The Balaban J connectivity index is 2.37. The summed E-state index contributed by atoms with van der Waals surface area (Å²) in [4.78, 5) is 0. The molecule has 1 aromatic rings. The normalized spacial score (nSPS) is 24.7. The van der Waals surface area contributed by atoms with E-state index in [2.05, 4.69) is 13.0 Å². The molecule has 2 unspecified atom stereocenters. The Hall–Kier alpha value is -0.670. The highest BCUT2D eigenvalue weighted by Crippen LogP contribution is 2.37. The Bertz CT molecular complexity index is 367. The largest absolute Gasteiger partial charge is 0.494 e. The second-order valence-corrected chi connectivity index (χ2v) is 5.65. The number of rotatable bonds is 2. The fourth-order valence-corrected chi connectivity index (χ4v) is 3.26. The fraction of sp³-hybridized carbons (Fsp3) is 0.538. The van der Waals surface area contributed by atoms with Crippen molar-refractivity contribution in [3.05, 3.63) is 29.3 Å². The van der Waals surface area contributed by atoms with Gasteiger partial charge < -0.3 is 10.5 Å². The third-order valence-electron chi connectivity index (χ3n) is 2.97. The summed E-state index contributed by atoms with van der Waals surface area (Å²) in [6.07, 6.45) is 1.05. The van der Waals surface area contributed by atoms with Gasteiger partial charge in [-0.05, 0) is 25.0 Å². The summed E-state index contributed by atoms with van der Waals surface area (Å²) in [5.74, 6) is 2.03. The van der Waals surface area contributed by atoms with E-state index >= 15 is 0 Å². The molecule has 0 radical (unpaired) electrons. The minimum Gasteiger partial charge on any atom is -0.494 e. The minimum atomic E-state index is 0.153. The Morgan fingerprint density at radius 2 is 2.31 bits per heavy atom. The number of benzene rings is 1. The van der Waals surface area contributed by atoms with E-state index in [4.69, 9.17) is 10.5 Å². The first-order valence-electron chi connectivity index (χ1n) is 5.84. The molecule has 3 heteroatoms. The van der Waals surface area contributed by atoms with Crippen LogP contribution < -0.4 is 10.5 Å². The van der Waals surface area contributed by atoms with E-state index in [1.165, 1.54) is 11.1 Å². The van der Waals surface area contributed by atoms with Crippen molar-refractivity contribution in [1.82, 2.24) is 0 Å². The van der Waals surface area contributed by atoms with Crippen LogP contribution in [-0.2, 0) is 5.75 Å². The Kier molecular flexibility index (Phi) is 3.77. The SMILES string of the molecule is CCOc1cccc2c1CSC(C)CC2N. The summed E-state index contributed by atoms with van der Waals surface area (Å²) in [6.45, 7) is 4.98. The van der Waals surface area contributed by atoms with Gasteiger partial charge in [0.2, 0.25) is 0 Å². The van der Waals surface area contributed by atoms with Crippen molar-refractivity contribution in [1.29, 1.82) is 0 Å². The molecule has 0 aliphatic carbocycles. The van der Waals surface area contributed by atoms with E-state index in [9.17, 15) is 0 Å². The van der Waals surface area contributed by atoms with Crippen LogP contribution in [0.5, 0.6) is 5.75 Å². The summed E-state index contributed by atoms with van der Waals surface area (Å²) in [5, 5.41) is 0.622. The van der Waals surface area contributed by atoms with Crippen LogP contribution >= 0.6 is 11.8 Å². The van der Waals surface area contributed by atoms with Gasteiger partial charge in [0, 0.05) is 22.6 Å². The molecule has 0 spiro atoms. The van der Waals surface area contributed by atoms with Gasteiger partial charge in [0.1, 0.15) is 5.75 Å². The van der Waals surface area contributed by atoms with Gasteiger partial charge in [-0.3, -0.25) is 0 Å².